The standard InChI is InChI=1S/C17H17FN6O/c1-8-11(7-21-24(8)2)14-3-9-4-15(20-6-12(9)16(19)22-14)23-17(25)10-5-13(10)18/h3-4,6-7,10,13H,5H2,1-2H3,(H2,19,22)(H,20,23,25)/t10-,13+/m1/s1. The van der Waals surface area contributed by atoms with E-state index in [1.54, 1.807) is 23.1 Å². The van der Waals surface area contributed by atoms with Crippen LogP contribution in [0.25, 0.3) is 22.0 Å². The number of halogens is 1. The number of amides is 1. The molecule has 0 saturated heterocycles. The highest BCUT2D eigenvalue weighted by Gasteiger charge is 2.43. The van der Waals surface area contributed by atoms with E-state index in [1.807, 2.05) is 20.0 Å². The molecule has 3 heterocycles. The SMILES string of the molecule is Cc1c(-c2cc3cc(NC(=O)[C@@H]4C[C@@H]4F)ncc3c(N)n2)cnn1C. The van der Waals surface area contributed by atoms with Gasteiger partial charge >= 0.3 is 0 Å². The van der Waals surface area contributed by atoms with Crippen molar-refractivity contribution in [1.82, 2.24) is 19.7 Å². The number of nitrogen functional groups attached to an aromatic ring is 1. The summed E-state index contributed by atoms with van der Waals surface area (Å²) in [6, 6.07) is 3.60. The molecule has 0 aromatic carbocycles. The van der Waals surface area contributed by atoms with E-state index in [2.05, 4.69) is 20.4 Å². The molecule has 0 aliphatic heterocycles. The van der Waals surface area contributed by atoms with Crippen LogP contribution in [0.2, 0.25) is 0 Å². The summed E-state index contributed by atoms with van der Waals surface area (Å²) < 4.78 is 14.8. The number of aromatic nitrogens is 4. The zero-order chi connectivity index (χ0) is 17.7. The average molecular weight is 340 g/mol. The van der Waals surface area contributed by atoms with Crippen molar-refractivity contribution in [2.45, 2.75) is 19.5 Å². The van der Waals surface area contributed by atoms with Gasteiger partial charge in [0.25, 0.3) is 0 Å². The maximum Gasteiger partial charge on any atom is 0.231 e. The lowest BCUT2D eigenvalue weighted by Crippen LogP contribution is -2.15. The number of nitrogens with zero attached hydrogens (tertiary/aromatic N) is 4. The van der Waals surface area contributed by atoms with Crippen LogP contribution in [0.15, 0.2) is 24.5 Å². The van der Waals surface area contributed by atoms with Crippen molar-refractivity contribution < 1.29 is 9.18 Å². The minimum absolute atomic E-state index is 0.278. The molecule has 8 heteroatoms. The molecule has 1 aliphatic carbocycles. The number of nitrogens with one attached hydrogen (secondary N) is 1. The van der Waals surface area contributed by atoms with Crippen molar-refractivity contribution in [2.75, 3.05) is 11.1 Å². The van der Waals surface area contributed by atoms with Gasteiger partial charge in [-0.25, -0.2) is 14.4 Å². The molecule has 7 nitrogen and oxygen atoms in total. The summed E-state index contributed by atoms with van der Waals surface area (Å²) >= 11 is 0. The number of anilines is 2. The van der Waals surface area contributed by atoms with Gasteiger partial charge in [-0.2, -0.15) is 5.10 Å². The number of alkyl halides is 1. The van der Waals surface area contributed by atoms with Crippen LogP contribution in [0.5, 0.6) is 0 Å². The van der Waals surface area contributed by atoms with Crippen LogP contribution in [0, 0.1) is 12.8 Å². The van der Waals surface area contributed by atoms with E-state index in [9.17, 15) is 9.18 Å². The van der Waals surface area contributed by atoms with Gasteiger partial charge in [0.2, 0.25) is 5.91 Å². The second kappa shape index (κ2) is 5.51. The highest BCUT2D eigenvalue weighted by Crippen LogP contribution is 2.35. The Kier molecular flexibility index (Phi) is 3.41. The van der Waals surface area contributed by atoms with Crippen molar-refractivity contribution in [3.8, 4) is 11.3 Å². The number of hydrogen-bond acceptors (Lipinski definition) is 5. The molecule has 1 saturated carbocycles. The second-order valence-corrected chi connectivity index (χ2v) is 6.30. The first-order valence-corrected chi connectivity index (χ1v) is 7.94. The molecule has 128 valence electrons. The normalized spacial score (nSPS) is 19.2. The average Bonchev–Trinajstić information content (AvgIpc) is 3.22. The number of rotatable bonds is 3. The van der Waals surface area contributed by atoms with E-state index in [0.29, 0.717) is 22.7 Å². The number of aryl methyl sites for hydroxylation is 1. The molecule has 0 unspecified atom stereocenters. The lowest BCUT2D eigenvalue weighted by atomic mass is 10.1. The van der Waals surface area contributed by atoms with Crippen LogP contribution in [0.4, 0.5) is 16.0 Å². The van der Waals surface area contributed by atoms with Gasteiger partial charge in [0.15, 0.2) is 0 Å². The summed E-state index contributed by atoms with van der Waals surface area (Å²) in [6.07, 6.45) is 2.54. The first-order valence-electron chi connectivity index (χ1n) is 7.94. The number of carbonyl (C=O) groups is 1. The summed E-state index contributed by atoms with van der Waals surface area (Å²) in [5, 5.41) is 8.36. The van der Waals surface area contributed by atoms with Crippen LogP contribution in [-0.2, 0) is 11.8 Å². The van der Waals surface area contributed by atoms with Gasteiger partial charge in [-0.15, -0.1) is 0 Å². The number of pyridine rings is 2. The summed E-state index contributed by atoms with van der Waals surface area (Å²) in [6.45, 7) is 1.95. The Labute approximate surface area is 143 Å². The lowest BCUT2D eigenvalue weighted by Gasteiger charge is -2.08. The largest absolute Gasteiger partial charge is 0.383 e. The molecule has 0 bridgehead atoms. The van der Waals surface area contributed by atoms with Crippen LogP contribution in [-0.4, -0.2) is 31.8 Å². The first-order chi connectivity index (χ1) is 11.9. The number of carbonyl (C=O) groups excluding carboxylic acids is 1. The molecule has 4 rings (SSSR count). The Morgan fingerprint density at radius 2 is 2.16 bits per heavy atom. The highest BCUT2D eigenvalue weighted by atomic mass is 19.1. The predicted octanol–water partition coefficient (Wildman–Crippen LogP) is 2.22. The number of nitrogens with two attached hydrogens (primary N) is 1. The van der Waals surface area contributed by atoms with Gasteiger partial charge in [-0.05, 0) is 30.9 Å². The molecule has 1 amide bonds. The topological polar surface area (TPSA) is 98.7 Å². The lowest BCUT2D eigenvalue weighted by molar-refractivity contribution is -0.117. The Morgan fingerprint density at radius 3 is 2.80 bits per heavy atom. The summed E-state index contributed by atoms with van der Waals surface area (Å²) in [7, 11) is 1.86. The van der Waals surface area contributed by atoms with Gasteiger partial charge in [-0.1, -0.05) is 0 Å². The highest BCUT2D eigenvalue weighted by molar-refractivity contribution is 5.98. The third-order valence-corrected chi connectivity index (χ3v) is 4.56. The van der Waals surface area contributed by atoms with E-state index in [4.69, 9.17) is 5.73 Å². The first kappa shape index (κ1) is 15.5. The van der Waals surface area contributed by atoms with E-state index in [0.717, 1.165) is 16.6 Å². The van der Waals surface area contributed by atoms with E-state index in [1.165, 1.54) is 0 Å². The Hall–Kier alpha value is -3.03. The van der Waals surface area contributed by atoms with Gasteiger partial charge in [0.05, 0.1) is 17.8 Å². The van der Waals surface area contributed by atoms with E-state index in [-0.39, 0.29) is 12.3 Å². The molecule has 0 radical (unpaired) electrons. The smallest absolute Gasteiger partial charge is 0.231 e. The van der Waals surface area contributed by atoms with E-state index >= 15 is 0 Å². The Balaban J connectivity index is 1.73. The number of fused-ring (bicyclic) bond motifs is 1. The summed E-state index contributed by atoms with van der Waals surface area (Å²) in [5.74, 6) is -0.179. The molecule has 2 atom stereocenters. The molecule has 25 heavy (non-hydrogen) atoms. The summed E-state index contributed by atoms with van der Waals surface area (Å²) in [4.78, 5) is 20.5. The fourth-order valence-electron chi connectivity index (χ4n) is 2.78. The Bertz CT molecular complexity index is 998. The van der Waals surface area contributed by atoms with Gasteiger partial charge in [0, 0.05) is 29.9 Å². The molecular weight excluding hydrogens is 323 g/mol. The van der Waals surface area contributed by atoms with Gasteiger partial charge in [0.1, 0.15) is 17.8 Å². The molecular formula is C17H17FN6O. The molecule has 3 N–H and O–H groups in total. The molecule has 1 fully saturated rings. The third-order valence-electron chi connectivity index (χ3n) is 4.56. The van der Waals surface area contributed by atoms with Crippen molar-refractivity contribution in [3.05, 3.63) is 30.2 Å². The van der Waals surface area contributed by atoms with Crippen LogP contribution < -0.4 is 11.1 Å². The molecule has 1 aliphatic rings. The van der Waals surface area contributed by atoms with E-state index < -0.39 is 12.1 Å². The fraction of sp³-hybridized carbons (Fsp3) is 0.294. The quantitative estimate of drug-likeness (QED) is 0.762. The van der Waals surface area contributed by atoms with Crippen molar-refractivity contribution in [2.24, 2.45) is 13.0 Å². The zero-order valence-electron chi connectivity index (χ0n) is 13.8. The van der Waals surface area contributed by atoms with Crippen molar-refractivity contribution in [3.63, 3.8) is 0 Å². The second-order valence-electron chi connectivity index (χ2n) is 6.30. The van der Waals surface area contributed by atoms with Crippen molar-refractivity contribution in [1.29, 1.82) is 0 Å². The minimum Gasteiger partial charge on any atom is -0.383 e. The van der Waals surface area contributed by atoms with Crippen LogP contribution in [0.3, 0.4) is 0 Å². The molecule has 3 aromatic heterocycles. The maximum atomic E-state index is 13.0. The molecule has 0 spiro atoms. The Morgan fingerprint density at radius 1 is 1.40 bits per heavy atom. The van der Waals surface area contributed by atoms with Crippen LogP contribution >= 0.6 is 0 Å². The number of hydrogen-bond donors (Lipinski definition) is 2. The molecule has 3 aromatic rings. The van der Waals surface area contributed by atoms with Crippen molar-refractivity contribution >= 4 is 28.3 Å². The van der Waals surface area contributed by atoms with Gasteiger partial charge < -0.3 is 11.1 Å². The third kappa shape index (κ3) is 2.69. The predicted molar refractivity (Wildman–Crippen MR) is 92.5 cm³/mol. The monoisotopic (exact) mass is 340 g/mol. The van der Waals surface area contributed by atoms with Gasteiger partial charge in [-0.3, -0.25) is 9.48 Å². The van der Waals surface area contributed by atoms with Crippen LogP contribution in [0.1, 0.15) is 12.1 Å². The zero-order valence-corrected chi connectivity index (χ0v) is 13.8. The summed E-state index contributed by atoms with van der Waals surface area (Å²) in [5.41, 5.74) is 8.62. The fourth-order valence-corrected chi connectivity index (χ4v) is 2.78. The minimum atomic E-state index is -1.04. The maximum absolute atomic E-state index is 13.0.